The van der Waals surface area contributed by atoms with Gasteiger partial charge in [-0.05, 0) is 12.8 Å². The minimum Gasteiger partial charge on any atom is -0.465 e. The largest absolute Gasteiger partial charge is 0.465 e. The zero-order chi connectivity index (χ0) is 9.56. The van der Waals surface area contributed by atoms with Crippen LogP contribution in [0, 0.1) is 0 Å². The summed E-state index contributed by atoms with van der Waals surface area (Å²) >= 11 is 0. The monoisotopic (exact) mass is 173 g/mol. The Balaban J connectivity index is 3.98. The normalized spacial score (nSPS) is 10.3. The lowest BCUT2D eigenvalue weighted by Crippen LogP contribution is -2.35. The van der Waals surface area contributed by atoms with Gasteiger partial charge in [0, 0.05) is 13.1 Å². The summed E-state index contributed by atoms with van der Waals surface area (Å²) in [5.41, 5.74) is 0. The number of nitrogens with zero attached hydrogens (tertiary/aromatic N) is 1. The van der Waals surface area contributed by atoms with Crippen molar-refractivity contribution < 1.29 is 9.90 Å². The second-order valence-electron chi connectivity index (χ2n) is 3.12. The van der Waals surface area contributed by atoms with Gasteiger partial charge >= 0.3 is 6.09 Å². The molecule has 0 aliphatic heterocycles. The van der Waals surface area contributed by atoms with E-state index in [0.717, 1.165) is 25.7 Å². The van der Waals surface area contributed by atoms with Crippen molar-refractivity contribution in [2.24, 2.45) is 0 Å². The van der Waals surface area contributed by atoms with Crippen molar-refractivity contribution in [1.29, 1.82) is 0 Å². The smallest absolute Gasteiger partial charge is 0.407 e. The molecule has 0 unspecified atom stereocenters. The lowest BCUT2D eigenvalue weighted by Gasteiger charge is -2.24. The maximum absolute atomic E-state index is 10.6. The van der Waals surface area contributed by atoms with Gasteiger partial charge in [-0.25, -0.2) is 4.79 Å². The van der Waals surface area contributed by atoms with E-state index in [1.807, 2.05) is 0 Å². The van der Waals surface area contributed by atoms with E-state index < -0.39 is 6.09 Å². The Morgan fingerprint density at radius 2 is 1.75 bits per heavy atom. The number of amides is 1. The maximum atomic E-state index is 10.6. The van der Waals surface area contributed by atoms with E-state index in [-0.39, 0.29) is 6.04 Å². The Bertz CT molecular complexity index is 130. The first kappa shape index (κ1) is 11.3. The number of carbonyl (C=O) groups is 1. The molecule has 0 heterocycles. The average molecular weight is 173 g/mol. The molecule has 0 fully saturated rings. The molecule has 0 aliphatic carbocycles. The minimum atomic E-state index is -0.818. The topological polar surface area (TPSA) is 40.5 Å². The zero-order valence-corrected chi connectivity index (χ0v) is 8.21. The SMILES string of the molecule is CCCC(CCC)N(C)C(=O)O. The van der Waals surface area contributed by atoms with E-state index >= 15 is 0 Å². The van der Waals surface area contributed by atoms with Crippen molar-refractivity contribution in [3.05, 3.63) is 0 Å². The molecule has 0 radical (unpaired) electrons. The van der Waals surface area contributed by atoms with Crippen molar-refractivity contribution in [3.63, 3.8) is 0 Å². The summed E-state index contributed by atoms with van der Waals surface area (Å²) in [5.74, 6) is 0. The first-order valence-corrected chi connectivity index (χ1v) is 4.59. The number of hydrogen-bond donors (Lipinski definition) is 1. The van der Waals surface area contributed by atoms with Gasteiger partial charge in [0.1, 0.15) is 0 Å². The van der Waals surface area contributed by atoms with E-state index in [1.54, 1.807) is 7.05 Å². The maximum Gasteiger partial charge on any atom is 0.407 e. The Labute approximate surface area is 74.4 Å². The highest BCUT2D eigenvalue weighted by Crippen LogP contribution is 2.11. The predicted molar refractivity (Wildman–Crippen MR) is 49.4 cm³/mol. The van der Waals surface area contributed by atoms with E-state index in [0.29, 0.717) is 0 Å². The number of hydrogen-bond acceptors (Lipinski definition) is 1. The molecule has 0 saturated carbocycles. The van der Waals surface area contributed by atoms with Crippen molar-refractivity contribution in [2.45, 2.75) is 45.6 Å². The molecule has 1 N–H and O–H groups in total. The van der Waals surface area contributed by atoms with Crippen LogP contribution < -0.4 is 0 Å². The van der Waals surface area contributed by atoms with Crippen molar-refractivity contribution in [3.8, 4) is 0 Å². The number of rotatable bonds is 5. The fourth-order valence-corrected chi connectivity index (χ4v) is 1.35. The molecule has 12 heavy (non-hydrogen) atoms. The summed E-state index contributed by atoms with van der Waals surface area (Å²) in [7, 11) is 1.65. The molecule has 0 saturated heterocycles. The second-order valence-corrected chi connectivity index (χ2v) is 3.12. The first-order valence-electron chi connectivity index (χ1n) is 4.59. The van der Waals surface area contributed by atoms with Gasteiger partial charge in [-0.1, -0.05) is 26.7 Å². The molecular formula is C9H19NO2. The van der Waals surface area contributed by atoms with Crippen LogP contribution >= 0.6 is 0 Å². The van der Waals surface area contributed by atoms with Crippen molar-refractivity contribution >= 4 is 6.09 Å². The summed E-state index contributed by atoms with van der Waals surface area (Å²) < 4.78 is 0. The zero-order valence-electron chi connectivity index (χ0n) is 8.21. The molecule has 0 spiro atoms. The van der Waals surface area contributed by atoms with Crippen molar-refractivity contribution in [2.75, 3.05) is 7.05 Å². The molecule has 0 aliphatic rings. The van der Waals surface area contributed by atoms with Gasteiger partial charge in [-0.15, -0.1) is 0 Å². The van der Waals surface area contributed by atoms with Crippen LogP contribution in [0.1, 0.15) is 39.5 Å². The lowest BCUT2D eigenvalue weighted by atomic mass is 10.1. The van der Waals surface area contributed by atoms with Gasteiger partial charge in [0.05, 0.1) is 0 Å². The molecule has 0 aromatic heterocycles. The van der Waals surface area contributed by atoms with Crippen LogP contribution in [0.5, 0.6) is 0 Å². The van der Waals surface area contributed by atoms with Gasteiger partial charge in [0.2, 0.25) is 0 Å². The predicted octanol–water partition coefficient (Wildman–Crippen LogP) is 2.57. The molecule has 0 rings (SSSR count). The molecule has 0 atom stereocenters. The van der Waals surface area contributed by atoms with Crippen LogP contribution in [-0.2, 0) is 0 Å². The molecule has 0 bridgehead atoms. The third kappa shape index (κ3) is 3.60. The molecule has 0 aromatic rings. The second kappa shape index (κ2) is 5.86. The summed E-state index contributed by atoms with van der Waals surface area (Å²) in [6.45, 7) is 4.16. The summed E-state index contributed by atoms with van der Waals surface area (Å²) in [6, 6.07) is 0.206. The van der Waals surface area contributed by atoms with Gasteiger partial charge < -0.3 is 10.0 Å². The Hall–Kier alpha value is -0.730. The highest BCUT2D eigenvalue weighted by Gasteiger charge is 2.16. The Kier molecular flexibility index (Phi) is 5.51. The van der Waals surface area contributed by atoms with Crippen LogP contribution in [-0.4, -0.2) is 29.2 Å². The fraction of sp³-hybridized carbons (Fsp3) is 0.889. The lowest BCUT2D eigenvalue weighted by molar-refractivity contribution is 0.132. The first-order chi connectivity index (χ1) is 5.63. The molecular weight excluding hydrogens is 154 g/mol. The van der Waals surface area contributed by atoms with Crippen LogP contribution in [0.3, 0.4) is 0 Å². The fourth-order valence-electron chi connectivity index (χ4n) is 1.35. The third-order valence-electron chi connectivity index (χ3n) is 2.09. The van der Waals surface area contributed by atoms with E-state index in [9.17, 15) is 4.79 Å². The summed E-state index contributed by atoms with van der Waals surface area (Å²) in [4.78, 5) is 12.0. The molecule has 3 heteroatoms. The Morgan fingerprint density at radius 3 is 2.00 bits per heavy atom. The van der Waals surface area contributed by atoms with Gasteiger partial charge in [0.15, 0.2) is 0 Å². The van der Waals surface area contributed by atoms with E-state index in [2.05, 4.69) is 13.8 Å². The minimum absolute atomic E-state index is 0.206. The average Bonchev–Trinajstić information content (AvgIpc) is 2.03. The Morgan fingerprint density at radius 1 is 1.33 bits per heavy atom. The van der Waals surface area contributed by atoms with Crippen LogP contribution in [0.15, 0.2) is 0 Å². The van der Waals surface area contributed by atoms with E-state index in [4.69, 9.17) is 5.11 Å². The molecule has 72 valence electrons. The van der Waals surface area contributed by atoms with Crippen LogP contribution in [0.4, 0.5) is 4.79 Å². The standard InChI is InChI=1S/C9H19NO2/c1-4-6-8(7-5-2)10(3)9(11)12/h8H,4-7H2,1-3H3,(H,11,12). The quantitative estimate of drug-likeness (QED) is 0.694. The molecule has 1 amide bonds. The summed E-state index contributed by atoms with van der Waals surface area (Å²) in [6.07, 6.45) is 3.21. The highest BCUT2D eigenvalue weighted by atomic mass is 16.4. The van der Waals surface area contributed by atoms with Gasteiger partial charge in [-0.3, -0.25) is 0 Å². The summed E-state index contributed by atoms with van der Waals surface area (Å²) in [5, 5.41) is 8.73. The van der Waals surface area contributed by atoms with Gasteiger partial charge in [-0.2, -0.15) is 0 Å². The van der Waals surface area contributed by atoms with Gasteiger partial charge in [0.25, 0.3) is 0 Å². The third-order valence-corrected chi connectivity index (χ3v) is 2.09. The number of carboxylic acid groups (broad SMARTS) is 1. The van der Waals surface area contributed by atoms with Crippen molar-refractivity contribution in [1.82, 2.24) is 4.90 Å². The van der Waals surface area contributed by atoms with E-state index in [1.165, 1.54) is 4.90 Å². The van der Waals surface area contributed by atoms with Crippen LogP contribution in [0.25, 0.3) is 0 Å². The molecule has 3 nitrogen and oxygen atoms in total. The highest BCUT2D eigenvalue weighted by molar-refractivity contribution is 5.64. The molecule has 0 aromatic carbocycles. The van der Waals surface area contributed by atoms with Crippen LogP contribution in [0.2, 0.25) is 0 Å².